The van der Waals surface area contributed by atoms with Gasteiger partial charge in [-0.1, -0.05) is 17.7 Å². The zero-order valence-corrected chi connectivity index (χ0v) is 13.3. The van der Waals surface area contributed by atoms with Crippen LogP contribution in [0.3, 0.4) is 0 Å². The number of likely N-dealkylation sites (tertiary alicyclic amines) is 1. The Kier molecular flexibility index (Phi) is 5.69. The van der Waals surface area contributed by atoms with Crippen LogP contribution in [-0.2, 0) is 4.79 Å². The van der Waals surface area contributed by atoms with E-state index in [0.717, 1.165) is 5.56 Å². The van der Waals surface area contributed by atoms with Crippen molar-refractivity contribution in [1.29, 1.82) is 0 Å². The summed E-state index contributed by atoms with van der Waals surface area (Å²) in [6.45, 7) is 1.30. The number of benzene rings is 1. The predicted octanol–water partition coefficient (Wildman–Crippen LogP) is 2.92. The van der Waals surface area contributed by atoms with E-state index in [1.807, 2.05) is 24.4 Å². The van der Waals surface area contributed by atoms with Crippen molar-refractivity contribution in [2.75, 3.05) is 25.0 Å². The maximum Gasteiger partial charge on any atom is 0.405 e. The predicted molar refractivity (Wildman–Crippen MR) is 83.6 cm³/mol. The van der Waals surface area contributed by atoms with Gasteiger partial charge >= 0.3 is 12.2 Å². The molecule has 0 aliphatic carbocycles. The lowest BCUT2D eigenvalue weighted by atomic mass is 9.96. The molecule has 1 aliphatic heterocycles. The minimum Gasteiger partial charge on any atom is -0.347 e. The molecule has 0 unspecified atom stereocenters. The van der Waals surface area contributed by atoms with Crippen LogP contribution in [0.15, 0.2) is 24.3 Å². The molecular weight excluding hydrogens is 323 g/mol. The first kappa shape index (κ1) is 18.1. The zero-order valence-electron chi connectivity index (χ0n) is 13.3. The second-order valence-corrected chi connectivity index (χ2v) is 5.89. The molecule has 1 heterocycles. The van der Waals surface area contributed by atoms with E-state index in [0.29, 0.717) is 31.6 Å². The van der Waals surface area contributed by atoms with Gasteiger partial charge in [0, 0.05) is 24.7 Å². The Morgan fingerprint density at radius 3 is 2.29 bits per heavy atom. The molecule has 1 aromatic carbocycles. The molecule has 1 aromatic rings. The van der Waals surface area contributed by atoms with Crippen LogP contribution in [0.25, 0.3) is 0 Å². The van der Waals surface area contributed by atoms with Gasteiger partial charge in [-0.25, -0.2) is 4.79 Å². The number of carbonyl (C=O) groups excluding carboxylic acids is 2. The number of hydrogen-bond acceptors (Lipinski definition) is 2. The fourth-order valence-corrected chi connectivity index (χ4v) is 2.52. The lowest BCUT2D eigenvalue weighted by Crippen LogP contribution is -2.45. The second-order valence-electron chi connectivity index (χ2n) is 5.89. The number of carbonyl (C=O) groups is 2. The van der Waals surface area contributed by atoms with Gasteiger partial charge in [0.25, 0.3) is 0 Å². The van der Waals surface area contributed by atoms with Gasteiger partial charge in [-0.05, 0) is 31.9 Å². The number of alkyl halides is 3. The number of hydrogen-bond donors (Lipinski definition) is 2. The molecule has 0 spiro atoms. The molecule has 1 fully saturated rings. The Balaban J connectivity index is 1.78. The Hall–Kier alpha value is -2.25. The smallest absolute Gasteiger partial charge is 0.347 e. The van der Waals surface area contributed by atoms with E-state index < -0.39 is 24.5 Å². The van der Waals surface area contributed by atoms with Crippen LogP contribution in [0.2, 0.25) is 0 Å². The number of amides is 3. The van der Waals surface area contributed by atoms with Crippen LogP contribution in [0, 0.1) is 12.8 Å². The van der Waals surface area contributed by atoms with E-state index in [1.165, 1.54) is 0 Å². The van der Waals surface area contributed by atoms with Crippen LogP contribution in [0.4, 0.5) is 23.7 Å². The number of nitrogens with zero attached hydrogens (tertiary/aromatic N) is 1. The Morgan fingerprint density at radius 2 is 1.75 bits per heavy atom. The minimum atomic E-state index is -4.41. The SMILES string of the molecule is Cc1ccc(NC(=O)N2CCC(C(=O)NCC(F)(F)F)CC2)cc1. The van der Waals surface area contributed by atoms with Crippen molar-refractivity contribution in [2.45, 2.75) is 25.9 Å². The molecule has 24 heavy (non-hydrogen) atoms. The average Bonchev–Trinajstić information content (AvgIpc) is 2.54. The summed E-state index contributed by atoms with van der Waals surface area (Å²) in [6, 6.07) is 7.09. The van der Waals surface area contributed by atoms with Crippen molar-refractivity contribution < 1.29 is 22.8 Å². The van der Waals surface area contributed by atoms with Crippen molar-refractivity contribution in [3.8, 4) is 0 Å². The highest BCUT2D eigenvalue weighted by atomic mass is 19.4. The summed E-state index contributed by atoms with van der Waals surface area (Å²) in [5.74, 6) is -1.10. The first-order chi connectivity index (χ1) is 11.2. The number of halogens is 3. The fraction of sp³-hybridized carbons (Fsp3) is 0.500. The Labute approximate surface area is 138 Å². The van der Waals surface area contributed by atoms with Crippen LogP contribution < -0.4 is 10.6 Å². The molecule has 2 N–H and O–H groups in total. The molecule has 5 nitrogen and oxygen atoms in total. The molecule has 1 saturated heterocycles. The highest BCUT2D eigenvalue weighted by Crippen LogP contribution is 2.20. The standard InChI is InChI=1S/C16H20F3N3O2/c1-11-2-4-13(5-3-11)21-15(24)22-8-6-12(7-9-22)14(23)20-10-16(17,18)19/h2-5,12H,6-10H2,1H3,(H,20,23)(H,21,24). The summed E-state index contributed by atoms with van der Waals surface area (Å²) >= 11 is 0. The molecule has 0 bridgehead atoms. The first-order valence-electron chi connectivity index (χ1n) is 7.71. The average molecular weight is 343 g/mol. The van der Waals surface area contributed by atoms with Crippen molar-refractivity contribution in [1.82, 2.24) is 10.2 Å². The number of anilines is 1. The van der Waals surface area contributed by atoms with E-state index >= 15 is 0 Å². The molecule has 0 aromatic heterocycles. The summed E-state index contributed by atoms with van der Waals surface area (Å²) < 4.78 is 36.3. The summed E-state index contributed by atoms with van der Waals surface area (Å²) in [5.41, 5.74) is 1.76. The summed E-state index contributed by atoms with van der Waals surface area (Å²) in [5, 5.41) is 4.66. The lowest BCUT2D eigenvalue weighted by Gasteiger charge is -2.31. The van der Waals surface area contributed by atoms with Gasteiger partial charge in [0.2, 0.25) is 5.91 Å². The van der Waals surface area contributed by atoms with Crippen LogP contribution >= 0.6 is 0 Å². The van der Waals surface area contributed by atoms with E-state index in [2.05, 4.69) is 5.32 Å². The minimum absolute atomic E-state index is 0.270. The van der Waals surface area contributed by atoms with Crippen LogP contribution in [0.1, 0.15) is 18.4 Å². The van der Waals surface area contributed by atoms with Gasteiger partial charge in [-0.2, -0.15) is 13.2 Å². The monoisotopic (exact) mass is 343 g/mol. The van der Waals surface area contributed by atoms with Crippen LogP contribution in [-0.4, -0.2) is 42.6 Å². The fourth-order valence-electron chi connectivity index (χ4n) is 2.52. The quantitative estimate of drug-likeness (QED) is 0.886. The molecule has 8 heteroatoms. The summed E-state index contributed by atoms with van der Waals surface area (Å²) in [7, 11) is 0. The molecular formula is C16H20F3N3O2. The van der Waals surface area contributed by atoms with Gasteiger partial charge < -0.3 is 15.5 Å². The Bertz CT molecular complexity index is 579. The third-order valence-corrected chi connectivity index (χ3v) is 3.92. The maximum atomic E-state index is 12.2. The second kappa shape index (κ2) is 7.55. The van der Waals surface area contributed by atoms with Gasteiger partial charge in [-0.15, -0.1) is 0 Å². The van der Waals surface area contributed by atoms with Crippen LogP contribution in [0.5, 0.6) is 0 Å². The van der Waals surface area contributed by atoms with E-state index in [1.54, 1.807) is 17.0 Å². The van der Waals surface area contributed by atoms with Gasteiger partial charge in [-0.3, -0.25) is 4.79 Å². The van der Waals surface area contributed by atoms with Gasteiger partial charge in [0.1, 0.15) is 6.54 Å². The maximum absolute atomic E-state index is 12.2. The molecule has 132 valence electrons. The molecule has 1 aliphatic rings. The summed E-state index contributed by atoms with van der Waals surface area (Å²) in [4.78, 5) is 25.4. The number of rotatable bonds is 3. The van der Waals surface area contributed by atoms with Crippen molar-refractivity contribution in [2.24, 2.45) is 5.92 Å². The van der Waals surface area contributed by atoms with Gasteiger partial charge in [0.15, 0.2) is 0 Å². The molecule has 0 radical (unpaired) electrons. The van der Waals surface area contributed by atoms with Crippen molar-refractivity contribution >= 4 is 17.6 Å². The molecule has 3 amide bonds. The normalized spacial score (nSPS) is 15.9. The largest absolute Gasteiger partial charge is 0.405 e. The molecule has 0 saturated carbocycles. The molecule has 0 atom stereocenters. The van der Waals surface area contributed by atoms with Gasteiger partial charge in [0.05, 0.1) is 0 Å². The highest BCUT2D eigenvalue weighted by molar-refractivity contribution is 5.89. The number of urea groups is 1. The lowest BCUT2D eigenvalue weighted by molar-refractivity contribution is -0.141. The van der Waals surface area contributed by atoms with E-state index in [4.69, 9.17) is 0 Å². The Morgan fingerprint density at radius 1 is 1.17 bits per heavy atom. The number of piperidine rings is 1. The summed E-state index contributed by atoms with van der Waals surface area (Å²) in [6.07, 6.45) is -3.71. The van der Waals surface area contributed by atoms with Crippen molar-refractivity contribution in [3.63, 3.8) is 0 Å². The zero-order chi connectivity index (χ0) is 17.7. The highest BCUT2D eigenvalue weighted by Gasteiger charge is 2.31. The third kappa shape index (κ3) is 5.43. The third-order valence-electron chi connectivity index (χ3n) is 3.92. The van der Waals surface area contributed by atoms with Crippen molar-refractivity contribution in [3.05, 3.63) is 29.8 Å². The molecule has 2 rings (SSSR count). The number of aryl methyl sites for hydroxylation is 1. The van der Waals surface area contributed by atoms with E-state index in [-0.39, 0.29) is 6.03 Å². The first-order valence-corrected chi connectivity index (χ1v) is 7.71. The topological polar surface area (TPSA) is 61.4 Å². The number of nitrogens with one attached hydrogen (secondary N) is 2. The van der Waals surface area contributed by atoms with E-state index in [9.17, 15) is 22.8 Å².